The van der Waals surface area contributed by atoms with Crippen LogP contribution in [0.2, 0.25) is 0 Å². The topological polar surface area (TPSA) is 57.5 Å². The van der Waals surface area contributed by atoms with Crippen LogP contribution in [-0.2, 0) is 4.79 Å². The zero-order chi connectivity index (χ0) is 23.4. The second-order valence-electron chi connectivity index (χ2n) is 11.3. The summed E-state index contributed by atoms with van der Waals surface area (Å²) in [5, 5.41) is 21.4. The van der Waals surface area contributed by atoms with Gasteiger partial charge in [0.15, 0.2) is 5.78 Å². The molecule has 0 saturated heterocycles. The molecule has 33 heavy (non-hydrogen) atoms. The third-order valence-corrected chi connectivity index (χ3v) is 9.61. The smallest absolute Gasteiger partial charge is 0.156 e. The number of benzene rings is 1. The number of aliphatic hydroxyl groups is 2. The van der Waals surface area contributed by atoms with Gasteiger partial charge in [-0.05, 0) is 98.5 Å². The average molecular weight is 447 g/mol. The molecule has 5 rings (SSSR count). The van der Waals surface area contributed by atoms with E-state index in [0.717, 1.165) is 44.1 Å². The highest BCUT2D eigenvalue weighted by molar-refractivity contribution is 5.93. The normalized spacial score (nSPS) is 35.6. The molecule has 0 unspecified atom stereocenters. The molecule has 0 aromatic heterocycles. The predicted molar refractivity (Wildman–Crippen MR) is 133 cm³/mol. The van der Waals surface area contributed by atoms with Gasteiger partial charge in [-0.2, -0.15) is 0 Å². The summed E-state index contributed by atoms with van der Waals surface area (Å²) in [5.41, 5.74) is 6.97. The van der Waals surface area contributed by atoms with Gasteiger partial charge in [-0.15, -0.1) is 0 Å². The van der Waals surface area contributed by atoms with Crippen LogP contribution in [0.3, 0.4) is 0 Å². The van der Waals surface area contributed by atoms with Crippen molar-refractivity contribution in [2.24, 2.45) is 17.3 Å². The highest BCUT2D eigenvalue weighted by atomic mass is 16.3. The van der Waals surface area contributed by atoms with Crippen LogP contribution >= 0.6 is 0 Å². The molecule has 0 heterocycles. The molecule has 3 heteroatoms. The van der Waals surface area contributed by atoms with Crippen LogP contribution in [0.4, 0.5) is 0 Å². The van der Waals surface area contributed by atoms with Gasteiger partial charge in [0.05, 0.1) is 5.60 Å². The fourth-order valence-corrected chi connectivity index (χ4v) is 7.84. The van der Waals surface area contributed by atoms with Gasteiger partial charge in [0.2, 0.25) is 0 Å². The van der Waals surface area contributed by atoms with Crippen molar-refractivity contribution >= 4 is 11.4 Å². The van der Waals surface area contributed by atoms with E-state index < -0.39 is 5.60 Å². The Kier molecular flexibility index (Phi) is 5.77. The maximum atomic E-state index is 12.2. The first-order valence-electron chi connectivity index (χ1n) is 12.8. The number of allylic oxidation sites excluding steroid dienone is 5. The molecule has 0 aliphatic heterocycles. The zero-order valence-corrected chi connectivity index (χ0v) is 20.2. The summed E-state index contributed by atoms with van der Waals surface area (Å²) >= 11 is 0. The molecule has 1 aromatic rings. The number of carbonyl (C=O) groups excluding carboxylic acids is 1. The predicted octanol–water partition coefficient (Wildman–Crippen LogP) is 6.12. The van der Waals surface area contributed by atoms with Crippen molar-refractivity contribution in [2.75, 3.05) is 6.61 Å². The number of fused-ring (bicyclic) bond motifs is 4. The molecule has 3 nitrogen and oxygen atoms in total. The molecular formula is C30H38O3. The Hall–Kier alpha value is -1.97. The highest BCUT2D eigenvalue weighted by Gasteiger charge is 2.62. The van der Waals surface area contributed by atoms with Crippen LogP contribution in [0.5, 0.6) is 0 Å². The van der Waals surface area contributed by atoms with E-state index in [1.807, 2.05) is 13.0 Å². The van der Waals surface area contributed by atoms with Gasteiger partial charge in [0.1, 0.15) is 0 Å². The van der Waals surface area contributed by atoms with Gasteiger partial charge < -0.3 is 10.2 Å². The second kappa shape index (κ2) is 8.36. The van der Waals surface area contributed by atoms with Crippen molar-refractivity contribution < 1.29 is 15.0 Å². The molecular weight excluding hydrogens is 408 g/mol. The fourth-order valence-electron chi connectivity index (χ4n) is 7.84. The minimum atomic E-state index is -0.717. The second-order valence-corrected chi connectivity index (χ2v) is 11.3. The molecule has 4 aliphatic carbocycles. The van der Waals surface area contributed by atoms with Gasteiger partial charge in [0.25, 0.3) is 0 Å². The van der Waals surface area contributed by atoms with E-state index in [4.69, 9.17) is 0 Å². The Morgan fingerprint density at radius 1 is 1.15 bits per heavy atom. The number of aliphatic hydroxyl groups excluding tert-OH is 1. The number of carbonyl (C=O) groups is 1. The molecule has 0 spiro atoms. The van der Waals surface area contributed by atoms with Crippen LogP contribution in [0.25, 0.3) is 5.57 Å². The first-order chi connectivity index (χ1) is 15.8. The van der Waals surface area contributed by atoms with Crippen molar-refractivity contribution in [3.8, 4) is 0 Å². The van der Waals surface area contributed by atoms with Crippen molar-refractivity contribution in [1.29, 1.82) is 0 Å². The standard InChI is InChI=1S/C30H38O3/c1-19(2)20-5-7-21(8-6-20)26-18-29(3)27(13-15-30(29,33)14-4-16-31)25-11-9-22-17-23(32)10-12-24(22)28(25)26/h5-8,17,25-27,31,33H,1,4,9-16,18H2,2-3H3/t25-,26+,27-,29+,30+/m0/s1. The summed E-state index contributed by atoms with van der Waals surface area (Å²) in [5.74, 6) is 1.48. The molecule has 5 atom stereocenters. The molecule has 1 aromatic carbocycles. The first-order valence-corrected chi connectivity index (χ1v) is 12.8. The van der Waals surface area contributed by atoms with E-state index >= 15 is 0 Å². The number of hydrogen-bond donors (Lipinski definition) is 2. The summed E-state index contributed by atoms with van der Waals surface area (Å²) in [4.78, 5) is 12.2. The average Bonchev–Trinajstić information content (AvgIpc) is 3.07. The lowest BCUT2D eigenvalue weighted by Crippen LogP contribution is -2.51. The number of ketones is 1. The molecule has 0 radical (unpaired) electrons. The van der Waals surface area contributed by atoms with E-state index in [0.29, 0.717) is 31.1 Å². The first kappa shape index (κ1) is 22.8. The van der Waals surface area contributed by atoms with Crippen molar-refractivity contribution in [1.82, 2.24) is 0 Å². The Bertz CT molecular complexity index is 1030. The molecule has 0 amide bonds. The lowest BCUT2D eigenvalue weighted by atomic mass is 9.51. The molecule has 176 valence electrons. The summed E-state index contributed by atoms with van der Waals surface area (Å²) < 4.78 is 0. The highest BCUT2D eigenvalue weighted by Crippen LogP contribution is 2.67. The SMILES string of the molecule is C=C(C)c1ccc([C@H]2C[C@]3(C)[C@@H](CC[C@]3(O)CCCO)[C@@H]3CCC4=CC(=O)CCC4=C32)cc1. The van der Waals surface area contributed by atoms with Crippen LogP contribution in [0.15, 0.2) is 53.6 Å². The molecule has 2 N–H and O–H groups in total. The fraction of sp³-hybridized carbons (Fsp3) is 0.567. The maximum Gasteiger partial charge on any atom is 0.156 e. The van der Waals surface area contributed by atoms with Crippen molar-refractivity contribution in [2.45, 2.75) is 83.2 Å². The summed E-state index contributed by atoms with van der Waals surface area (Å²) in [7, 11) is 0. The maximum absolute atomic E-state index is 12.2. The van der Waals surface area contributed by atoms with E-state index in [9.17, 15) is 15.0 Å². The lowest BCUT2D eigenvalue weighted by Gasteiger charge is -2.55. The van der Waals surface area contributed by atoms with E-state index in [2.05, 4.69) is 37.8 Å². The van der Waals surface area contributed by atoms with E-state index in [1.54, 1.807) is 5.57 Å². The minimum absolute atomic E-state index is 0.135. The number of hydrogen-bond acceptors (Lipinski definition) is 3. The van der Waals surface area contributed by atoms with Crippen molar-refractivity contribution in [3.05, 3.63) is 64.8 Å². The Labute approximate surface area is 198 Å². The Balaban J connectivity index is 1.63. The lowest BCUT2D eigenvalue weighted by molar-refractivity contribution is -0.114. The Morgan fingerprint density at radius 2 is 1.91 bits per heavy atom. The molecule has 2 saturated carbocycles. The van der Waals surface area contributed by atoms with E-state index in [1.165, 1.54) is 22.3 Å². The van der Waals surface area contributed by atoms with Crippen LogP contribution in [0, 0.1) is 17.3 Å². The third-order valence-electron chi connectivity index (χ3n) is 9.61. The Morgan fingerprint density at radius 3 is 2.61 bits per heavy atom. The van der Waals surface area contributed by atoms with E-state index in [-0.39, 0.29) is 23.7 Å². The van der Waals surface area contributed by atoms with Crippen LogP contribution in [-0.4, -0.2) is 28.2 Å². The van der Waals surface area contributed by atoms with Crippen LogP contribution < -0.4 is 0 Å². The monoisotopic (exact) mass is 446 g/mol. The van der Waals surface area contributed by atoms with Gasteiger partial charge in [-0.3, -0.25) is 4.79 Å². The largest absolute Gasteiger partial charge is 0.396 e. The summed E-state index contributed by atoms with van der Waals surface area (Å²) in [6.07, 6.45) is 9.63. The molecule has 0 bridgehead atoms. The summed E-state index contributed by atoms with van der Waals surface area (Å²) in [6.45, 7) is 8.60. The van der Waals surface area contributed by atoms with Gasteiger partial charge in [-0.1, -0.05) is 48.9 Å². The molecule has 4 aliphatic rings. The van der Waals surface area contributed by atoms with Gasteiger partial charge in [0, 0.05) is 24.4 Å². The minimum Gasteiger partial charge on any atom is -0.396 e. The molecule has 2 fully saturated rings. The zero-order valence-electron chi connectivity index (χ0n) is 20.2. The quantitative estimate of drug-likeness (QED) is 0.573. The van der Waals surface area contributed by atoms with Gasteiger partial charge >= 0.3 is 0 Å². The number of rotatable bonds is 5. The van der Waals surface area contributed by atoms with Crippen molar-refractivity contribution in [3.63, 3.8) is 0 Å². The summed E-state index contributed by atoms with van der Waals surface area (Å²) in [6, 6.07) is 8.89. The van der Waals surface area contributed by atoms with Crippen LogP contribution in [0.1, 0.15) is 88.7 Å². The van der Waals surface area contributed by atoms with Gasteiger partial charge in [-0.25, -0.2) is 0 Å². The third kappa shape index (κ3) is 3.59.